The molecule has 0 radical (unpaired) electrons. The van der Waals surface area contributed by atoms with E-state index in [0.717, 1.165) is 12.1 Å². The maximum absolute atomic E-state index is 12.6. The molecule has 0 atom stereocenters. The fourth-order valence-electron chi connectivity index (χ4n) is 1.68. The van der Waals surface area contributed by atoms with Gasteiger partial charge in [-0.1, -0.05) is 18.2 Å². The fraction of sp³-hybridized carbons (Fsp3) is 0.0714. The third kappa shape index (κ3) is 4.13. The first-order valence-corrected chi connectivity index (χ1v) is 5.71. The van der Waals surface area contributed by atoms with E-state index in [1.165, 1.54) is 18.2 Å². The van der Waals surface area contributed by atoms with E-state index in [4.69, 9.17) is 5.73 Å². The van der Waals surface area contributed by atoms with E-state index < -0.39 is 17.6 Å². The molecular formula is C14H11ClF3N2O-. The van der Waals surface area contributed by atoms with Gasteiger partial charge < -0.3 is 23.5 Å². The molecule has 112 valence electrons. The van der Waals surface area contributed by atoms with E-state index in [-0.39, 0.29) is 29.3 Å². The van der Waals surface area contributed by atoms with Gasteiger partial charge in [-0.25, -0.2) is 0 Å². The second kappa shape index (κ2) is 6.49. The molecule has 7 heteroatoms. The minimum atomic E-state index is -4.45. The number of nitrogens with one attached hydrogen (secondary N) is 1. The van der Waals surface area contributed by atoms with Crippen molar-refractivity contribution in [3.8, 4) is 0 Å². The van der Waals surface area contributed by atoms with Crippen LogP contribution in [0.25, 0.3) is 0 Å². The van der Waals surface area contributed by atoms with Crippen LogP contribution in [0.2, 0.25) is 0 Å². The van der Waals surface area contributed by atoms with Crippen molar-refractivity contribution in [3.63, 3.8) is 0 Å². The van der Waals surface area contributed by atoms with Crippen LogP contribution in [0.3, 0.4) is 0 Å². The number of hydrogen-bond acceptors (Lipinski definition) is 2. The van der Waals surface area contributed by atoms with Crippen LogP contribution in [-0.2, 0) is 6.18 Å². The quantitative estimate of drug-likeness (QED) is 0.795. The molecule has 3 N–H and O–H groups in total. The first-order chi connectivity index (χ1) is 9.38. The molecule has 0 spiro atoms. The fourth-order valence-corrected chi connectivity index (χ4v) is 1.68. The van der Waals surface area contributed by atoms with Crippen molar-refractivity contribution in [2.45, 2.75) is 6.18 Å². The third-order valence-corrected chi connectivity index (χ3v) is 2.65. The summed E-state index contributed by atoms with van der Waals surface area (Å²) in [6, 6.07) is 10.7. The number of hydrogen-bond donors (Lipinski definition) is 2. The highest BCUT2D eigenvalue weighted by Crippen LogP contribution is 2.30. The van der Waals surface area contributed by atoms with Gasteiger partial charge in [-0.3, -0.25) is 4.79 Å². The van der Waals surface area contributed by atoms with Crippen molar-refractivity contribution in [1.82, 2.24) is 0 Å². The SMILES string of the molecule is Nc1ccccc1C(=O)Nc1cccc(C(F)(F)F)c1.[Cl-]. The number of rotatable bonds is 2. The molecule has 3 nitrogen and oxygen atoms in total. The maximum Gasteiger partial charge on any atom is 0.416 e. The molecule has 21 heavy (non-hydrogen) atoms. The Morgan fingerprint density at radius 3 is 2.33 bits per heavy atom. The second-order valence-electron chi connectivity index (χ2n) is 4.12. The second-order valence-corrected chi connectivity index (χ2v) is 4.12. The van der Waals surface area contributed by atoms with E-state index in [1.807, 2.05) is 0 Å². The van der Waals surface area contributed by atoms with Crippen LogP contribution in [-0.4, -0.2) is 5.91 Å². The van der Waals surface area contributed by atoms with Crippen molar-refractivity contribution in [1.29, 1.82) is 0 Å². The lowest BCUT2D eigenvalue weighted by Crippen LogP contribution is -3.00. The molecule has 2 aromatic rings. The standard InChI is InChI=1S/C14H11F3N2O.ClH/c15-14(16,17)9-4-3-5-10(8-9)19-13(20)11-6-1-2-7-12(11)18;/h1-8H,18H2,(H,19,20);1H/p-1. The molecule has 2 aromatic carbocycles. The van der Waals surface area contributed by atoms with Crippen molar-refractivity contribution in [3.05, 3.63) is 59.7 Å². The number of para-hydroxylation sites is 1. The summed E-state index contributed by atoms with van der Waals surface area (Å²) >= 11 is 0. The average molecular weight is 316 g/mol. The Labute approximate surface area is 125 Å². The van der Waals surface area contributed by atoms with E-state index in [9.17, 15) is 18.0 Å². The molecule has 0 aromatic heterocycles. The Balaban J connectivity index is 0.00000220. The zero-order valence-electron chi connectivity index (χ0n) is 10.6. The number of benzene rings is 2. The van der Waals surface area contributed by atoms with Gasteiger partial charge in [-0.2, -0.15) is 13.2 Å². The molecule has 0 aliphatic rings. The molecule has 0 aliphatic carbocycles. The number of nitrogen functional groups attached to an aromatic ring is 1. The number of carbonyl (C=O) groups is 1. The number of amides is 1. The summed E-state index contributed by atoms with van der Waals surface area (Å²) in [4.78, 5) is 11.9. The van der Waals surface area contributed by atoms with Crippen LogP contribution >= 0.6 is 0 Å². The smallest absolute Gasteiger partial charge is 0.416 e. The van der Waals surface area contributed by atoms with Crippen molar-refractivity contribution in [2.75, 3.05) is 11.1 Å². The van der Waals surface area contributed by atoms with Crippen molar-refractivity contribution in [2.24, 2.45) is 0 Å². The number of carbonyl (C=O) groups excluding carboxylic acids is 1. The number of anilines is 2. The van der Waals surface area contributed by atoms with Gasteiger partial charge in [0, 0.05) is 11.4 Å². The van der Waals surface area contributed by atoms with E-state index in [1.54, 1.807) is 18.2 Å². The maximum atomic E-state index is 12.6. The summed E-state index contributed by atoms with van der Waals surface area (Å²) in [5, 5.41) is 2.39. The van der Waals surface area contributed by atoms with E-state index in [0.29, 0.717) is 0 Å². The van der Waals surface area contributed by atoms with Gasteiger partial charge in [-0.05, 0) is 30.3 Å². The Kier molecular flexibility index (Phi) is 5.21. The average Bonchev–Trinajstić information content (AvgIpc) is 2.38. The highest BCUT2D eigenvalue weighted by molar-refractivity contribution is 6.07. The summed E-state index contributed by atoms with van der Waals surface area (Å²) < 4.78 is 37.7. The molecule has 0 heterocycles. The van der Waals surface area contributed by atoms with Crippen LogP contribution in [0.1, 0.15) is 15.9 Å². The normalized spacial score (nSPS) is 10.6. The molecule has 2 rings (SSSR count). The lowest BCUT2D eigenvalue weighted by atomic mass is 10.1. The molecule has 0 saturated carbocycles. The Morgan fingerprint density at radius 1 is 1.05 bits per heavy atom. The Bertz CT molecular complexity index is 644. The molecule has 0 fully saturated rings. The largest absolute Gasteiger partial charge is 1.00 e. The summed E-state index contributed by atoms with van der Waals surface area (Å²) in [7, 11) is 0. The topological polar surface area (TPSA) is 55.1 Å². The summed E-state index contributed by atoms with van der Waals surface area (Å²) in [6.07, 6.45) is -4.45. The van der Waals surface area contributed by atoms with Gasteiger partial charge in [0.1, 0.15) is 0 Å². The van der Waals surface area contributed by atoms with Gasteiger partial charge >= 0.3 is 6.18 Å². The first kappa shape index (κ1) is 16.8. The summed E-state index contributed by atoms with van der Waals surface area (Å²) in [6.45, 7) is 0. The molecule has 0 bridgehead atoms. The minimum Gasteiger partial charge on any atom is -1.00 e. The van der Waals surface area contributed by atoms with Gasteiger partial charge in [0.15, 0.2) is 0 Å². The zero-order valence-corrected chi connectivity index (χ0v) is 11.4. The van der Waals surface area contributed by atoms with Gasteiger partial charge in [0.2, 0.25) is 0 Å². The van der Waals surface area contributed by atoms with Gasteiger partial charge in [-0.15, -0.1) is 0 Å². The van der Waals surface area contributed by atoms with Gasteiger partial charge in [0.05, 0.1) is 11.1 Å². The summed E-state index contributed by atoms with van der Waals surface area (Å²) in [5.41, 5.74) is 5.35. The molecule has 0 unspecified atom stereocenters. The van der Waals surface area contributed by atoms with Crippen LogP contribution in [0.15, 0.2) is 48.5 Å². The number of nitrogens with two attached hydrogens (primary N) is 1. The van der Waals surface area contributed by atoms with Crippen LogP contribution < -0.4 is 23.5 Å². The van der Waals surface area contributed by atoms with Crippen molar-refractivity contribution < 1.29 is 30.4 Å². The zero-order chi connectivity index (χ0) is 14.8. The van der Waals surface area contributed by atoms with Gasteiger partial charge in [0.25, 0.3) is 5.91 Å². The molecule has 0 aliphatic heterocycles. The van der Waals surface area contributed by atoms with Crippen LogP contribution in [0.5, 0.6) is 0 Å². The Hall–Kier alpha value is -2.21. The number of alkyl halides is 3. The van der Waals surface area contributed by atoms with E-state index in [2.05, 4.69) is 5.32 Å². The number of halogens is 4. The predicted molar refractivity (Wildman–Crippen MR) is 70.3 cm³/mol. The summed E-state index contributed by atoms with van der Waals surface area (Å²) in [5.74, 6) is -0.553. The van der Waals surface area contributed by atoms with E-state index >= 15 is 0 Å². The van der Waals surface area contributed by atoms with Crippen LogP contribution in [0, 0.1) is 0 Å². The molecule has 1 amide bonds. The minimum absolute atomic E-state index is 0. The highest BCUT2D eigenvalue weighted by Gasteiger charge is 2.30. The van der Waals surface area contributed by atoms with Crippen molar-refractivity contribution >= 4 is 17.3 Å². The lowest BCUT2D eigenvalue weighted by molar-refractivity contribution is -0.137. The Morgan fingerprint density at radius 2 is 1.71 bits per heavy atom. The van der Waals surface area contributed by atoms with Crippen LogP contribution in [0.4, 0.5) is 24.5 Å². The molecule has 0 saturated heterocycles. The first-order valence-electron chi connectivity index (χ1n) is 5.71. The molecular weight excluding hydrogens is 305 g/mol. The monoisotopic (exact) mass is 315 g/mol. The lowest BCUT2D eigenvalue weighted by Gasteiger charge is -2.10. The highest BCUT2D eigenvalue weighted by atomic mass is 35.5. The predicted octanol–water partition coefficient (Wildman–Crippen LogP) is 0.544. The third-order valence-electron chi connectivity index (χ3n) is 2.65.